The lowest BCUT2D eigenvalue weighted by Crippen LogP contribution is -2.41. The molecule has 1 amide bonds. The minimum Gasteiger partial charge on any atom is -0.339 e. The van der Waals surface area contributed by atoms with Gasteiger partial charge in [-0.2, -0.15) is 0 Å². The van der Waals surface area contributed by atoms with Crippen molar-refractivity contribution < 1.29 is 4.79 Å². The molecule has 1 unspecified atom stereocenters. The van der Waals surface area contributed by atoms with Crippen LogP contribution in [0.3, 0.4) is 0 Å². The highest BCUT2D eigenvalue weighted by Gasteiger charge is 2.32. The number of rotatable bonds is 5. The number of aryl methyl sites for hydroxylation is 2. The molecule has 0 aromatic carbocycles. The van der Waals surface area contributed by atoms with Crippen LogP contribution in [0.4, 0.5) is 0 Å². The van der Waals surface area contributed by atoms with Gasteiger partial charge >= 0.3 is 0 Å². The minimum atomic E-state index is -0.0380. The van der Waals surface area contributed by atoms with Crippen LogP contribution in [0.1, 0.15) is 37.4 Å². The zero-order valence-corrected chi connectivity index (χ0v) is 12.8. The van der Waals surface area contributed by atoms with E-state index in [2.05, 4.69) is 29.1 Å². The summed E-state index contributed by atoms with van der Waals surface area (Å²) in [6.45, 7) is 9.72. The first-order chi connectivity index (χ1) is 9.49. The average molecular weight is 276 g/mol. The van der Waals surface area contributed by atoms with Crippen LogP contribution in [-0.4, -0.2) is 45.9 Å². The summed E-state index contributed by atoms with van der Waals surface area (Å²) >= 11 is 0. The van der Waals surface area contributed by atoms with Gasteiger partial charge in [0.05, 0.1) is 6.04 Å². The molecule has 0 bridgehead atoms. The maximum Gasteiger partial charge on any atom is 0.240 e. The second kappa shape index (κ2) is 6.31. The first-order valence-electron chi connectivity index (χ1n) is 7.32. The number of nitrogens with one attached hydrogen (secondary N) is 1. The van der Waals surface area contributed by atoms with Crippen LogP contribution in [-0.2, 0) is 11.2 Å². The summed E-state index contributed by atoms with van der Waals surface area (Å²) in [5.74, 6) is 1.06. The standard InChI is InChI=1S/C15H24N4O/c1-10(2)19-8-6-13(15(19)20)16-7-5-14-17-9-11(3)12(4)18-14/h9-10,13,16H,5-8H2,1-4H3. The van der Waals surface area contributed by atoms with Crippen LogP contribution in [0, 0.1) is 13.8 Å². The molecule has 1 atom stereocenters. The molecule has 0 spiro atoms. The van der Waals surface area contributed by atoms with Gasteiger partial charge in [-0.05, 0) is 39.7 Å². The Kier molecular flexibility index (Phi) is 4.70. The van der Waals surface area contributed by atoms with E-state index in [0.29, 0.717) is 0 Å². The predicted octanol–water partition coefficient (Wildman–Crippen LogP) is 1.23. The second-order valence-electron chi connectivity index (χ2n) is 5.73. The number of aromatic nitrogens is 2. The SMILES string of the molecule is Cc1cnc(CCNC2CCN(C(C)C)C2=O)nc1C. The van der Waals surface area contributed by atoms with E-state index in [1.165, 1.54) is 0 Å². The maximum atomic E-state index is 12.1. The molecule has 5 heteroatoms. The molecule has 1 aromatic rings. The highest BCUT2D eigenvalue weighted by Crippen LogP contribution is 2.14. The van der Waals surface area contributed by atoms with Gasteiger partial charge < -0.3 is 10.2 Å². The lowest BCUT2D eigenvalue weighted by atomic mass is 10.2. The predicted molar refractivity (Wildman–Crippen MR) is 78.5 cm³/mol. The molecule has 20 heavy (non-hydrogen) atoms. The summed E-state index contributed by atoms with van der Waals surface area (Å²) in [6.07, 6.45) is 3.51. The molecule has 1 N–H and O–H groups in total. The number of carbonyl (C=O) groups is 1. The van der Waals surface area contributed by atoms with Crippen molar-refractivity contribution in [2.24, 2.45) is 0 Å². The third-order valence-electron chi connectivity index (χ3n) is 3.88. The minimum absolute atomic E-state index is 0.0380. The Morgan fingerprint density at radius 1 is 1.45 bits per heavy atom. The smallest absolute Gasteiger partial charge is 0.240 e. The van der Waals surface area contributed by atoms with E-state index in [4.69, 9.17) is 0 Å². The van der Waals surface area contributed by atoms with Crippen molar-refractivity contribution in [1.82, 2.24) is 20.2 Å². The number of hydrogen-bond donors (Lipinski definition) is 1. The monoisotopic (exact) mass is 276 g/mol. The van der Waals surface area contributed by atoms with E-state index in [1.807, 2.05) is 24.9 Å². The summed E-state index contributed by atoms with van der Waals surface area (Å²) < 4.78 is 0. The van der Waals surface area contributed by atoms with E-state index in [1.54, 1.807) is 0 Å². The van der Waals surface area contributed by atoms with E-state index < -0.39 is 0 Å². The van der Waals surface area contributed by atoms with Gasteiger partial charge in [0.1, 0.15) is 5.82 Å². The maximum absolute atomic E-state index is 12.1. The Morgan fingerprint density at radius 3 is 2.80 bits per heavy atom. The van der Waals surface area contributed by atoms with Crippen molar-refractivity contribution in [3.05, 3.63) is 23.3 Å². The van der Waals surface area contributed by atoms with Gasteiger partial charge in [-0.15, -0.1) is 0 Å². The summed E-state index contributed by atoms with van der Waals surface area (Å²) in [6, 6.07) is 0.251. The summed E-state index contributed by atoms with van der Waals surface area (Å²) in [4.78, 5) is 22.8. The molecule has 1 fully saturated rings. The fourth-order valence-electron chi connectivity index (χ4n) is 2.46. The zero-order chi connectivity index (χ0) is 14.7. The van der Waals surface area contributed by atoms with Gasteiger partial charge in [0.2, 0.25) is 5.91 Å². The number of likely N-dealkylation sites (tertiary alicyclic amines) is 1. The van der Waals surface area contributed by atoms with E-state index >= 15 is 0 Å². The number of amides is 1. The van der Waals surface area contributed by atoms with Crippen LogP contribution in [0.25, 0.3) is 0 Å². The van der Waals surface area contributed by atoms with Gasteiger partial charge in [-0.1, -0.05) is 0 Å². The lowest BCUT2D eigenvalue weighted by Gasteiger charge is -2.21. The van der Waals surface area contributed by atoms with Crippen molar-refractivity contribution in [3.63, 3.8) is 0 Å². The largest absolute Gasteiger partial charge is 0.339 e. The molecule has 0 saturated carbocycles. The van der Waals surface area contributed by atoms with E-state index in [9.17, 15) is 4.79 Å². The zero-order valence-electron chi connectivity index (χ0n) is 12.8. The van der Waals surface area contributed by atoms with E-state index in [-0.39, 0.29) is 18.0 Å². The third-order valence-corrected chi connectivity index (χ3v) is 3.88. The highest BCUT2D eigenvalue weighted by atomic mass is 16.2. The van der Waals surface area contributed by atoms with Crippen LogP contribution in [0.5, 0.6) is 0 Å². The summed E-state index contributed by atoms with van der Waals surface area (Å²) in [5.41, 5.74) is 2.14. The molecule has 2 heterocycles. The van der Waals surface area contributed by atoms with Crippen molar-refractivity contribution in [2.45, 2.75) is 52.6 Å². The lowest BCUT2D eigenvalue weighted by molar-refractivity contribution is -0.130. The molecular weight excluding hydrogens is 252 g/mol. The first-order valence-corrected chi connectivity index (χ1v) is 7.32. The summed E-state index contributed by atoms with van der Waals surface area (Å²) in [7, 11) is 0. The van der Waals surface area contributed by atoms with Crippen LogP contribution < -0.4 is 5.32 Å². The quantitative estimate of drug-likeness (QED) is 0.879. The van der Waals surface area contributed by atoms with Crippen LogP contribution in [0.15, 0.2) is 6.20 Å². The first kappa shape index (κ1) is 14.9. The Balaban J connectivity index is 1.82. The molecule has 1 aliphatic rings. The number of nitrogens with zero attached hydrogens (tertiary/aromatic N) is 3. The molecule has 5 nitrogen and oxygen atoms in total. The second-order valence-corrected chi connectivity index (χ2v) is 5.73. The normalized spacial score (nSPS) is 19.1. The summed E-state index contributed by atoms with van der Waals surface area (Å²) in [5, 5.41) is 3.33. The third kappa shape index (κ3) is 3.33. The Labute approximate surface area is 120 Å². The molecule has 1 saturated heterocycles. The Bertz CT molecular complexity index is 487. The molecule has 1 aliphatic heterocycles. The van der Waals surface area contributed by atoms with Gasteiger partial charge in [0.25, 0.3) is 0 Å². The molecular formula is C15H24N4O. The van der Waals surface area contributed by atoms with E-state index in [0.717, 1.165) is 43.0 Å². The fourth-order valence-corrected chi connectivity index (χ4v) is 2.46. The van der Waals surface area contributed by atoms with Gasteiger partial charge in [0, 0.05) is 37.4 Å². The Hall–Kier alpha value is -1.49. The molecule has 0 radical (unpaired) electrons. The molecule has 2 rings (SSSR count). The molecule has 1 aromatic heterocycles. The van der Waals surface area contributed by atoms with Crippen molar-refractivity contribution in [3.8, 4) is 0 Å². The van der Waals surface area contributed by atoms with Gasteiger partial charge in [-0.3, -0.25) is 4.79 Å². The van der Waals surface area contributed by atoms with Crippen molar-refractivity contribution in [2.75, 3.05) is 13.1 Å². The number of carbonyl (C=O) groups excluding carboxylic acids is 1. The Morgan fingerprint density at radius 2 is 2.20 bits per heavy atom. The average Bonchev–Trinajstić information content (AvgIpc) is 2.76. The van der Waals surface area contributed by atoms with Gasteiger partial charge in [0.15, 0.2) is 0 Å². The van der Waals surface area contributed by atoms with Crippen LogP contribution >= 0.6 is 0 Å². The van der Waals surface area contributed by atoms with Crippen molar-refractivity contribution in [1.29, 1.82) is 0 Å². The highest BCUT2D eigenvalue weighted by molar-refractivity contribution is 5.84. The molecule has 110 valence electrons. The fraction of sp³-hybridized carbons (Fsp3) is 0.667. The topological polar surface area (TPSA) is 58.1 Å². The van der Waals surface area contributed by atoms with Crippen molar-refractivity contribution >= 4 is 5.91 Å². The molecule has 0 aliphatic carbocycles. The van der Waals surface area contributed by atoms with Crippen LogP contribution in [0.2, 0.25) is 0 Å². The van der Waals surface area contributed by atoms with Gasteiger partial charge in [-0.25, -0.2) is 9.97 Å². The number of hydrogen-bond acceptors (Lipinski definition) is 4.